The van der Waals surface area contributed by atoms with Crippen molar-refractivity contribution >= 4 is 16.8 Å². The minimum Gasteiger partial charge on any atom is -0.342 e. The lowest BCUT2D eigenvalue weighted by Crippen LogP contribution is -2.30. The molecule has 0 aliphatic heterocycles. The molecule has 0 amide bonds. The van der Waals surface area contributed by atoms with Gasteiger partial charge in [0.1, 0.15) is 5.65 Å². The van der Waals surface area contributed by atoms with Crippen LogP contribution in [0.1, 0.15) is 41.0 Å². The molecule has 1 aliphatic rings. The summed E-state index contributed by atoms with van der Waals surface area (Å²) >= 11 is 0. The molecule has 0 radical (unpaired) electrons. The van der Waals surface area contributed by atoms with Gasteiger partial charge >= 0.3 is 0 Å². The van der Waals surface area contributed by atoms with Gasteiger partial charge in [-0.05, 0) is 17.7 Å². The Morgan fingerprint density at radius 3 is 2.75 bits per heavy atom. The zero-order valence-corrected chi connectivity index (χ0v) is 11.4. The molecule has 3 aromatic rings. The molecule has 0 bridgehead atoms. The average molecular weight is 262 g/mol. The second-order valence-corrected chi connectivity index (χ2v) is 5.77. The van der Waals surface area contributed by atoms with Crippen LogP contribution in [-0.4, -0.2) is 15.8 Å². The number of benzene rings is 1. The van der Waals surface area contributed by atoms with Crippen molar-refractivity contribution in [2.75, 3.05) is 0 Å². The Labute approximate surface area is 116 Å². The highest BCUT2D eigenvalue weighted by Gasteiger charge is 2.39. The summed E-state index contributed by atoms with van der Waals surface area (Å²) in [5, 5.41) is 0.912. The minimum absolute atomic E-state index is 0.0918. The SMILES string of the molecule is CC1(C)c2ccccc2C(=O)c2c1[nH]c1ncccc21. The number of H-pyrrole nitrogens is 1. The fourth-order valence-corrected chi connectivity index (χ4v) is 3.22. The van der Waals surface area contributed by atoms with Crippen molar-refractivity contribution in [3.8, 4) is 0 Å². The molecule has 1 N–H and O–H groups in total. The number of hydrogen-bond donors (Lipinski definition) is 1. The zero-order valence-electron chi connectivity index (χ0n) is 11.4. The number of ketones is 1. The van der Waals surface area contributed by atoms with E-state index in [-0.39, 0.29) is 11.2 Å². The van der Waals surface area contributed by atoms with Gasteiger partial charge in [0.25, 0.3) is 0 Å². The van der Waals surface area contributed by atoms with E-state index < -0.39 is 0 Å². The van der Waals surface area contributed by atoms with Crippen molar-refractivity contribution < 1.29 is 4.79 Å². The molecule has 2 heterocycles. The smallest absolute Gasteiger partial charge is 0.195 e. The van der Waals surface area contributed by atoms with E-state index >= 15 is 0 Å². The number of carbonyl (C=O) groups is 1. The molecule has 1 aliphatic carbocycles. The Bertz CT molecular complexity index is 858. The van der Waals surface area contributed by atoms with Crippen LogP contribution in [0.5, 0.6) is 0 Å². The van der Waals surface area contributed by atoms with Crippen molar-refractivity contribution in [2.45, 2.75) is 19.3 Å². The second kappa shape index (κ2) is 3.57. The van der Waals surface area contributed by atoms with Gasteiger partial charge in [0.2, 0.25) is 0 Å². The molecule has 0 spiro atoms. The van der Waals surface area contributed by atoms with Crippen LogP contribution in [0.4, 0.5) is 0 Å². The highest BCUT2D eigenvalue weighted by atomic mass is 16.1. The predicted molar refractivity (Wildman–Crippen MR) is 78.1 cm³/mol. The zero-order chi connectivity index (χ0) is 13.9. The molecule has 0 fully saturated rings. The molecule has 0 saturated carbocycles. The van der Waals surface area contributed by atoms with E-state index in [0.717, 1.165) is 33.4 Å². The average Bonchev–Trinajstić information content (AvgIpc) is 2.86. The van der Waals surface area contributed by atoms with Gasteiger partial charge in [-0.3, -0.25) is 4.79 Å². The topological polar surface area (TPSA) is 45.8 Å². The summed E-state index contributed by atoms with van der Waals surface area (Å²) < 4.78 is 0. The first-order valence-corrected chi connectivity index (χ1v) is 6.72. The van der Waals surface area contributed by atoms with Crippen molar-refractivity contribution in [2.24, 2.45) is 0 Å². The molecule has 3 heteroatoms. The molecule has 3 nitrogen and oxygen atoms in total. The maximum atomic E-state index is 12.8. The van der Waals surface area contributed by atoms with Crippen molar-refractivity contribution in [3.05, 3.63) is 65.0 Å². The van der Waals surface area contributed by atoms with Crippen molar-refractivity contribution in [1.82, 2.24) is 9.97 Å². The summed E-state index contributed by atoms with van der Waals surface area (Å²) in [6.07, 6.45) is 1.74. The fourth-order valence-electron chi connectivity index (χ4n) is 3.22. The lowest BCUT2D eigenvalue weighted by molar-refractivity contribution is 0.103. The Balaban J connectivity index is 2.16. The minimum atomic E-state index is -0.222. The molecular formula is C17H14N2O. The van der Waals surface area contributed by atoms with E-state index in [0.29, 0.717) is 0 Å². The van der Waals surface area contributed by atoms with E-state index in [1.807, 2.05) is 36.4 Å². The molecule has 0 atom stereocenters. The number of nitrogens with one attached hydrogen (secondary N) is 1. The molecule has 1 aromatic carbocycles. The molecular weight excluding hydrogens is 248 g/mol. The van der Waals surface area contributed by atoms with Crippen LogP contribution in [0.25, 0.3) is 11.0 Å². The monoisotopic (exact) mass is 262 g/mol. The van der Waals surface area contributed by atoms with Crippen LogP contribution < -0.4 is 0 Å². The highest BCUT2D eigenvalue weighted by Crippen LogP contribution is 2.42. The summed E-state index contributed by atoms with van der Waals surface area (Å²) in [4.78, 5) is 20.5. The van der Waals surface area contributed by atoms with E-state index in [1.54, 1.807) is 6.20 Å². The number of hydrogen-bond acceptors (Lipinski definition) is 2. The summed E-state index contributed by atoms with van der Waals surface area (Å²) in [7, 11) is 0. The van der Waals surface area contributed by atoms with Gasteiger partial charge < -0.3 is 4.98 Å². The van der Waals surface area contributed by atoms with Crippen LogP contribution in [0.15, 0.2) is 42.6 Å². The van der Waals surface area contributed by atoms with Gasteiger partial charge in [-0.15, -0.1) is 0 Å². The normalized spacial score (nSPS) is 16.0. The number of aromatic amines is 1. The van der Waals surface area contributed by atoms with Crippen molar-refractivity contribution in [1.29, 1.82) is 0 Å². The van der Waals surface area contributed by atoms with E-state index in [2.05, 4.69) is 23.8 Å². The van der Waals surface area contributed by atoms with Gasteiger partial charge in [-0.1, -0.05) is 38.1 Å². The van der Waals surface area contributed by atoms with E-state index in [9.17, 15) is 4.79 Å². The van der Waals surface area contributed by atoms with Gasteiger partial charge in [-0.25, -0.2) is 4.98 Å². The van der Waals surface area contributed by atoms with Crippen LogP contribution in [0, 0.1) is 0 Å². The molecule has 2 aromatic heterocycles. The summed E-state index contributed by atoms with van der Waals surface area (Å²) in [6.45, 7) is 4.29. The highest BCUT2D eigenvalue weighted by molar-refractivity contribution is 6.19. The quantitative estimate of drug-likeness (QED) is 0.674. The van der Waals surface area contributed by atoms with Gasteiger partial charge in [-0.2, -0.15) is 0 Å². The number of fused-ring (bicyclic) bond motifs is 4. The number of rotatable bonds is 0. The molecule has 0 unspecified atom stereocenters. The predicted octanol–water partition coefficient (Wildman–Crippen LogP) is 3.43. The summed E-state index contributed by atoms with van der Waals surface area (Å²) in [6, 6.07) is 11.7. The largest absolute Gasteiger partial charge is 0.342 e. The lowest BCUT2D eigenvalue weighted by atomic mass is 9.71. The Hall–Kier alpha value is -2.42. The number of aromatic nitrogens is 2. The van der Waals surface area contributed by atoms with E-state index in [4.69, 9.17) is 0 Å². The summed E-state index contributed by atoms with van der Waals surface area (Å²) in [5.41, 5.74) is 4.18. The van der Waals surface area contributed by atoms with Crippen LogP contribution in [0.3, 0.4) is 0 Å². The Kier molecular flexibility index (Phi) is 2.04. The number of pyridine rings is 1. The third-order valence-electron chi connectivity index (χ3n) is 4.27. The maximum absolute atomic E-state index is 12.8. The Morgan fingerprint density at radius 1 is 1.10 bits per heavy atom. The van der Waals surface area contributed by atoms with Crippen LogP contribution in [-0.2, 0) is 5.41 Å². The first-order chi connectivity index (χ1) is 9.60. The molecule has 4 rings (SSSR count). The third kappa shape index (κ3) is 1.24. The van der Waals surface area contributed by atoms with Crippen molar-refractivity contribution in [3.63, 3.8) is 0 Å². The van der Waals surface area contributed by atoms with Gasteiger partial charge in [0.05, 0.1) is 5.56 Å². The number of carbonyl (C=O) groups excluding carboxylic acids is 1. The summed E-state index contributed by atoms with van der Waals surface area (Å²) in [5.74, 6) is 0.0918. The first kappa shape index (κ1) is 11.4. The van der Waals surface area contributed by atoms with Gasteiger partial charge in [0, 0.05) is 28.3 Å². The third-order valence-corrected chi connectivity index (χ3v) is 4.27. The molecule has 0 saturated heterocycles. The number of nitrogens with zero attached hydrogens (tertiary/aromatic N) is 1. The first-order valence-electron chi connectivity index (χ1n) is 6.72. The molecule has 20 heavy (non-hydrogen) atoms. The Morgan fingerprint density at radius 2 is 1.90 bits per heavy atom. The van der Waals surface area contributed by atoms with Gasteiger partial charge in [0.15, 0.2) is 5.78 Å². The van der Waals surface area contributed by atoms with Crippen LogP contribution >= 0.6 is 0 Å². The molecule has 98 valence electrons. The second-order valence-electron chi connectivity index (χ2n) is 5.77. The standard InChI is InChI=1S/C17H14N2O/c1-17(2)12-8-4-3-6-10(12)14(20)13-11-7-5-9-18-16(11)19-15(13)17/h3-9H,1-2H3,(H,18,19). The maximum Gasteiger partial charge on any atom is 0.195 e. The lowest BCUT2D eigenvalue weighted by Gasteiger charge is -2.31. The van der Waals surface area contributed by atoms with E-state index in [1.165, 1.54) is 0 Å². The van der Waals surface area contributed by atoms with Crippen LogP contribution in [0.2, 0.25) is 0 Å². The fraction of sp³-hybridized carbons (Fsp3) is 0.176.